The molecule has 1 aromatic carbocycles. The summed E-state index contributed by atoms with van der Waals surface area (Å²) >= 11 is 0. The first-order valence-corrected chi connectivity index (χ1v) is 7.25. The number of aromatic hydroxyl groups is 1. The van der Waals surface area contributed by atoms with Crippen molar-refractivity contribution >= 4 is 5.91 Å². The van der Waals surface area contributed by atoms with Gasteiger partial charge in [-0.1, -0.05) is 19.1 Å². The van der Waals surface area contributed by atoms with E-state index in [-0.39, 0.29) is 11.7 Å². The number of nitrogens with zero attached hydrogens (tertiary/aromatic N) is 1. The van der Waals surface area contributed by atoms with Crippen LogP contribution >= 0.6 is 0 Å². The maximum atomic E-state index is 12.3. The van der Waals surface area contributed by atoms with Gasteiger partial charge < -0.3 is 10.4 Å². The van der Waals surface area contributed by atoms with Crippen molar-refractivity contribution in [1.82, 2.24) is 15.5 Å². The first-order chi connectivity index (χ1) is 10.1. The van der Waals surface area contributed by atoms with Crippen LogP contribution in [0.5, 0.6) is 5.75 Å². The number of fused-ring (bicyclic) bond motifs is 1. The normalized spacial score (nSPS) is 17.3. The fourth-order valence-corrected chi connectivity index (χ4v) is 2.79. The van der Waals surface area contributed by atoms with Gasteiger partial charge in [0.15, 0.2) is 5.69 Å². The van der Waals surface area contributed by atoms with Crippen LogP contribution in [-0.4, -0.2) is 21.2 Å². The number of nitrogens with one attached hydrogen (secondary N) is 2. The van der Waals surface area contributed by atoms with Gasteiger partial charge in [-0.15, -0.1) is 0 Å². The average Bonchev–Trinajstić information content (AvgIpc) is 2.88. The highest BCUT2D eigenvalue weighted by atomic mass is 16.3. The van der Waals surface area contributed by atoms with Gasteiger partial charge in [0.25, 0.3) is 5.91 Å². The Balaban J connectivity index is 1.70. The van der Waals surface area contributed by atoms with Gasteiger partial charge in [0.05, 0.1) is 0 Å². The molecule has 21 heavy (non-hydrogen) atoms. The molecule has 5 heteroatoms. The van der Waals surface area contributed by atoms with E-state index in [1.165, 1.54) is 0 Å². The quantitative estimate of drug-likeness (QED) is 0.808. The topological polar surface area (TPSA) is 78.0 Å². The van der Waals surface area contributed by atoms with E-state index < -0.39 is 0 Å². The molecule has 1 aliphatic carbocycles. The minimum absolute atomic E-state index is 0.162. The molecule has 0 spiro atoms. The molecule has 1 aromatic heterocycles. The van der Waals surface area contributed by atoms with E-state index in [1.54, 1.807) is 18.2 Å². The number of hydrogen-bond donors (Lipinski definition) is 3. The summed E-state index contributed by atoms with van der Waals surface area (Å²) < 4.78 is 0. The zero-order valence-electron chi connectivity index (χ0n) is 12.0. The molecule has 1 amide bonds. The number of phenols is 1. The number of phenolic OH excluding ortho intramolecular Hbond substituents is 1. The second kappa shape index (κ2) is 5.60. The van der Waals surface area contributed by atoms with Gasteiger partial charge in [-0.2, -0.15) is 5.10 Å². The zero-order chi connectivity index (χ0) is 14.8. The van der Waals surface area contributed by atoms with Crippen molar-refractivity contribution < 1.29 is 9.90 Å². The minimum atomic E-state index is -0.162. The van der Waals surface area contributed by atoms with Gasteiger partial charge >= 0.3 is 0 Å². The van der Waals surface area contributed by atoms with Crippen molar-refractivity contribution in [2.45, 2.75) is 32.7 Å². The molecule has 0 fully saturated rings. The van der Waals surface area contributed by atoms with Crippen LogP contribution in [0.15, 0.2) is 24.3 Å². The van der Waals surface area contributed by atoms with Crippen molar-refractivity contribution in [3.63, 3.8) is 0 Å². The van der Waals surface area contributed by atoms with Crippen LogP contribution in [0.4, 0.5) is 0 Å². The Morgan fingerprint density at radius 1 is 1.52 bits per heavy atom. The van der Waals surface area contributed by atoms with Gasteiger partial charge in [-0.05, 0) is 42.9 Å². The number of aromatic nitrogens is 2. The van der Waals surface area contributed by atoms with Crippen LogP contribution in [-0.2, 0) is 19.4 Å². The summed E-state index contributed by atoms with van der Waals surface area (Å²) in [5.74, 6) is 0.630. The number of amides is 1. The Morgan fingerprint density at radius 2 is 2.38 bits per heavy atom. The van der Waals surface area contributed by atoms with Crippen molar-refractivity contribution in [3.05, 3.63) is 46.8 Å². The number of rotatable bonds is 3. The van der Waals surface area contributed by atoms with E-state index in [0.29, 0.717) is 18.2 Å². The predicted octanol–water partition coefficient (Wildman–Crippen LogP) is 2.17. The van der Waals surface area contributed by atoms with E-state index >= 15 is 0 Å². The van der Waals surface area contributed by atoms with E-state index in [2.05, 4.69) is 22.4 Å². The molecule has 0 saturated heterocycles. The summed E-state index contributed by atoms with van der Waals surface area (Å²) in [6.07, 6.45) is 3.00. The number of aryl methyl sites for hydroxylation is 1. The summed E-state index contributed by atoms with van der Waals surface area (Å²) in [5, 5.41) is 19.4. The summed E-state index contributed by atoms with van der Waals surface area (Å²) in [4.78, 5) is 12.3. The number of H-pyrrole nitrogens is 1. The molecule has 0 saturated carbocycles. The standard InChI is InChI=1S/C16H19N3O2/c1-10-5-6-14-13(7-10)15(19-18-14)16(21)17-9-11-3-2-4-12(20)8-11/h2-4,8,10,20H,5-7,9H2,1H3,(H,17,21)(H,18,19). The van der Waals surface area contributed by atoms with Crippen LogP contribution in [0.2, 0.25) is 0 Å². The summed E-state index contributed by atoms with van der Waals surface area (Å²) in [6, 6.07) is 6.87. The van der Waals surface area contributed by atoms with Crippen LogP contribution in [0.3, 0.4) is 0 Å². The van der Waals surface area contributed by atoms with Gasteiger partial charge in [-0.25, -0.2) is 0 Å². The number of aromatic amines is 1. The smallest absolute Gasteiger partial charge is 0.272 e. The van der Waals surface area contributed by atoms with Crippen LogP contribution in [0.25, 0.3) is 0 Å². The fourth-order valence-electron chi connectivity index (χ4n) is 2.79. The number of carbonyl (C=O) groups excluding carboxylic acids is 1. The van der Waals surface area contributed by atoms with Crippen molar-refractivity contribution in [3.8, 4) is 5.75 Å². The molecule has 0 bridgehead atoms. The summed E-state index contributed by atoms with van der Waals surface area (Å²) in [6.45, 7) is 2.58. The highest BCUT2D eigenvalue weighted by molar-refractivity contribution is 5.94. The Morgan fingerprint density at radius 3 is 3.19 bits per heavy atom. The van der Waals surface area contributed by atoms with Crippen LogP contribution in [0, 0.1) is 5.92 Å². The molecule has 1 unspecified atom stereocenters. The van der Waals surface area contributed by atoms with Crippen molar-refractivity contribution in [1.29, 1.82) is 0 Å². The highest BCUT2D eigenvalue weighted by Gasteiger charge is 2.24. The lowest BCUT2D eigenvalue weighted by atomic mass is 9.87. The van der Waals surface area contributed by atoms with Gasteiger partial charge in [0.2, 0.25) is 0 Å². The van der Waals surface area contributed by atoms with E-state index in [9.17, 15) is 9.90 Å². The lowest BCUT2D eigenvalue weighted by Crippen LogP contribution is -2.25. The van der Waals surface area contributed by atoms with Gasteiger partial charge in [0.1, 0.15) is 5.75 Å². The van der Waals surface area contributed by atoms with E-state index in [4.69, 9.17) is 0 Å². The van der Waals surface area contributed by atoms with Crippen molar-refractivity contribution in [2.24, 2.45) is 5.92 Å². The monoisotopic (exact) mass is 285 g/mol. The van der Waals surface area contributed by atoms with Crippen molar-refractivity contribution in [2.75, 3.05) is 0 Å². The maximum absolute atomic E-state index is 12.3. The predicted molar refractivity (Wildman–Crippen MR) is 79.1 cm³/mol. The average molecular weight is 285 g/mol. The molecule has 3 N–H and O–H groups in total. The molecule has 0 radical (unpaired) electrons. The molecular formula is C16H19N3O2. The highest BCUT2D eigenvalue weighted by Crippen LogP contribution is 2.26. The van der Waals surface area contributed by atoms with Crippen LogP contribution in [0.1, 0.15) is 40.7 Å². The molecule has 1 heterocycles. The lowest BCUT2D eigenvalue weighted by Gasteiger charge is -2.18. The van der Waals surface area contributed by atoms with Crippen LogP contribution < -0.4 is 5.32 Å². The lowest BCUT2D eigenvalue weighted by molar-refractivity contribution is 0.0944. The molecule has 3 rings (SSSR count). The van der Waals surface area contributed by atoms with E-state index in [0.717, 1.165) is 36.1 Å². The largest absolute Gasteiger partial charge is 0.508 e. The second-order valence-electron chi connectivity index (χ2n) is 5.73. The third-order valence-electron chi connectivity index (χ3n) is 3.97. The molecular weight excluding hydrogens is 266 g/mol. The number of benzene rings is 1. The first kappa shape index (κ1) is 13.7. The Labute approximate surface area is 123 Å². The Hall–Kier alpha value is -2.30. The third kappa shape index (κ3) is 2.91. The SMILES string of the molecule is CC1CCc2[nH]nc(C(=O)NCc3cccc(O)c3)c2C1. The molecule has 1 atom stereocenters. The van der Waals surface area contributed by atoms with Gasteiger partial charge in [0, 0.05) is 17.8 Å². The number of hydrogen-bond acceptors (Lipinski definition) is 3. The van der Waals surface area contributed by atoms with Gasteiger partial charge in [-0.3, -0.25) is 9.89 Å². The maximum Gasteiger partial charge on any atom is 0.272 e. The number of carbonyl (C=O) groups is 1. The fraction of sp³-hybridized carbons (Fsp3) is 0.375. The molecule has 2 aromatic rings. The zero-order valence-corrected chi connectivity index (χ0v) is 12.0. The van der Waals surface area contributed by atoms with E-state index in [1.807, 2.05) is 6.07 Å². The summed E-state index contributed by atoms with van der Waals surface area (Å²) in [5.41, 5.74) is 3.52. The first-order valence-electron chi connectivity index (χ1n) is 7.25. The third-order valence-corrected chi connectivity index (χ3v) is 3.97. The molecule has 110 valence electrons. The molecule has 0 aliphatic heterocycles. The molecule has 1 aliphatic rings. The second-order valence-corrected chi connectivity index (χ2v) is 5.73. The minimum Gasteiger partial charge on any atom is -0.508 e. The molecule has 5 nitrogen and oxygen atoms in total. The Kier molecular flexibility index (Phi) is 3.64. The Bertz CT molecular complexity index is 663. The summed E-state index contributed by atoms with van der Waals surface area (Å²) in [7, 11) is 0.